The summed E-state index contributed by atoms with van der Waals surface area (Å²) in [5.74, 6) is 0.898. The van der Waals surface area contributed by atoms with Crippen molar-refractivity contribution in [1.29, 1.82) is 0 Å². The number of benzene rings is 2. The van der Waals surface area contributed by atoms with Crippen LogP contribution >= 0.6 is 24.0 Å². The highest BCUT2D eigenvalue weighted by molar-refractivity contribution is 8.22. The minimum atomic E-state index is 0.174. The van der Waals surface area contributed by atoms with Crippen LogP contribution in [-0.2, 0) is 6.42 Å². The normalized spacial score (nSPS) is 10.3. The summed E-state index contributed by atoms with van der Waals surface area (Å²) in [6.07, 6.45) is 1.49. The van der Waals surface area contributed by atoms with E-state index in [0.717, 1.165) is 28.6 Å². The molecule has 0 amide bonds. The van der Waals surface area contributed by atoms with Gasteiger partial charge in [-0.3, -0.25) is 4.79 Å². The van der Waals surface area contributed by atoms with E-state index in [1.165, 1.54) is 5.56 Å². The van der Waals surface area contributed by atoms with Crippen molar-refractivity contribution in [1.82, 2.24) is 4.90 Å². The Hall–Kier alpha value is -1.65. The molecule has 2 nitrogen and oxygen atoms in total. The summed E-state index contributed by atoms with van der Waals surface area (Å²) in [7, 11) is 2.01. The molecule has 120 valence electrons. The maximum Gasteiger partial charge on any atom is 0.163 e. The second kappa shape index (κ2) is 9.48. The minimum Gasteiger partial charge on any atom is -0.360 e. The molecule has 0 saturated heterocycles. The van der Waals surface area contributed by atoms with E-state index in [-0.39, 0.29) is 5.78 Å². The fourth-order valence-corrected chi connectivity index (χ4v) is 3.26. The van der Waals surface area contributed by atoms with Gasteiger partial charge in [-0.25, -0.2) is 0 Å². The monoisotopic (exact) mass is 343 g/mol. The molecule has 0 bridgehead atoms. The van der Waals surface area contributed by atoms with Crippen LogP contribution in [0.15, 0.2) is 60.7 Å². The Morgan fingerprint density at radius 3 is 2.30 bits per heavy atom. The average Bonchev–Trinajstić information content (AvgIpc) is 2.61. The van der Waals surface area contributed by atoms with E-state index < -0.39 is 0 Å². The van der Waals surface area contributed by atoms with Gasteiger partial charge in [0.15, 0.2) is 5.78 Å². The SMILES string of the molecule is CN(CCc1ccccc1)C(=S)SCCC(=O)c1ccccc1. The Labute approximate surface area is 147 Å². The first-order valence-electron chi connectivity index (χ1n) is 7.67. The molecule has 0 radical (unpaired) electrons. The molecular weight excluding hydrogens is 322 g/mol. The molecule has 0 saturated carbocycles. The summed E-state index contributed by atoms with van der Waals surface area (Å²) < 4.78 is 0.849. The van der Waals surface area contributed by atoms with E-state index in [0.29, 0.717) is 6.42 Å². The zero-order chi connectivity index (χ0) is 16.5. The van der Waals surface area contributed by atoms with Gasteiger partial charge in [0.25, 0.3) is 0 Å². The number of thiocarbonyl (C=S) groups is 1. The van der Waals surface area contributed by atoms with Gasteiger partial charge in [0.1, 0.15) is 4.32 Å². The fraction of sp³-hybridized carbons (Fsp3) is 0.263. The number of hydrogen-bond donors (Lipinski definition) is 0. The van der Waals surface area contributed by atoms with Crippen LogP contribution in [0.5, 0.6) is 0 Å². The van der Waals surface area contributed by atoms with Crippen molar-refractivity contribution in [3.05, 3.63) is 71.8 Å². The summed E-state index contributed by atoms with van der Waals surface area (Å²) in [4.78, 5) is 14.1. The van der Waals surface area contributed by atoms with E-state index in [2.05, 4.69) is 29.2 Å². The van der Waals surface area contributed by atoms with Gasteiger partial charge in [0.05, 0.1) is 0 Å². The van der Waals surface area contributed by atoms with Crippen molar-refractivity contribution >= 4 is 34.1 Å². The Morgan fingerprint density at radius 1 is 1.04 bits per heavy atom. The molecule has 0 fully saturated rings. The lowest BCUT2D eigenvalue weighted by Gasteiger charge is -2.19. The molecular formula is C19H21NOS2. The number of rotatable bonds is 7. The van der Waals surface area contributed by atoms with E-state index in [4.69, 9.17) is 12.2 Å². The largest absolute Gasteiger partial charge is 0.360 e. The van der Waals surface area contributed by atoms with Crippen LogP contribution in [0.2, 0.25) is 0 Å². The lowest BCUT2D eigenvalue weighted by Crippen LogP contribution is -2.25. The molecule has 2 rings (SSSR count). The lowest BCUT2D eigenvalue weighted by molar-refractivity contribution is 0.0989. The summed E-state index contributed by atoms with van der Waals surface area (Å²) in [6, 6.07) is 19.8. The summed E-state index contributed by atoms with van der Waals surface area (Å²) in [5, 5.41) is 0. The first-order chi connectivity index (χ1) is 11.2. The number of nitrogens with zero attached hydrogens (tertiary/aromatic N) is 1. The highest BCUT2D eigenvalue weighted by atomic mass is 32.2. The average molecular weight is 344 g/mol. The zero-order valence-electron chi connectivity index (χ0n) is 13.3. The molecule has 0 aliphatic rings. The second-order valence-corrected chi connectivity index (χ2v) is 7.04. The van der Waals surface area contributed by atoms with Crippen molar-refractivity contribution in [2.75, 3.05) is 19.3 Å². The van der Waals surface area contributed by atoms with Crippen molar-refractivity contribution in [2.24, 2.45) is 0 Å². The molecule has 0 unspecified atom stereocenters. The fourth-order valence-electron chi connectivity index (χ4n) is 2.14. The van der Waals surface area contributed by atoms with Crippen molar-refractivity contribution in [3.63, 3.8) is 0 Å². The minimum absolute atomic E-state index is 0.174. The van der Waals surface area contributed by atoms with Gasteiger partial charge >= 0.3 is 0 Å². The van der Waals surface area contributed by atoms with Gasteiger partial charge in [-0.15, -0.1) is 0 Å². The molecule has 2 aromatic rings. The molecule has 0 atom stereocenters. The van der Waals surface area contributed by atoms with Crippen LogP contribution in [0.25, 0.3) is 0 Å². The third kappa shape index (κ3) is 6.16. The van der Waals surface area contributed by atoms with Crippen molar-refractivity contribution in [2.45, 2.75) is 12.8 Å². The number of likely N-dealkylation sites (N-methyl/N-ethyl adjacent to an activating group) is 1. The maximum absolute atomic E-state index is 12.0. The number of hydrogen-bond acceptors (Lipinski definition) is 3. The predicted octanol–water partition coefficient (Wildman–Crippen LogP) is 4.45. The van der Waals surface area contributed by atoms with Crippen molar-refractivity contribution in [3.8, 4) is 0 Å². The molecule has 4 heteroatoms. The van der Waals surface area contributed by atoms with Gasteiger partial charge in [0.2, 0.25) is 0 Å². The van der Waals surface area contributed by atoms with E-state index >= 15 is 0 Å². The summed E-state index contributed by atoms with van der Waals surface area (Å²) >= 11 is 7.02. The molecule has 0 N–H and O–H groups in total. The molecule has 0 aliphatic heterocycles. The molecule has 2 aromatic carbocycles. The number of Topliss-reactive ketones (excluding diaryl/α,β-unsaturated/α-hetero) is 1. The van der Waals surface area contributed by atoms with Gasteiger partial charge in [0, 0.05) is 31.3 Å². The lowest BCUT2D eigenvalue weighted by atomic mass is 10.1. The van der Waals surface area contributed by atoms with Gasteiger partial charge in [-0.1, -0.05) is 84.6 Å². The second-order valence-electron chi connectivity index (χ2n) is 5.31. The summed E-state index contributed by atoms with van der Waals surface area (Å²) in [6.45, 7) is 0.891. The number of thioether (sulfide) groups is 1. The van der Waals surface area contributed by atoms with Crippen molar-refractivity contribution < 1.29 is 4.79 Å². The molecule has 0 aliphatic carbocycles. The first-order valence-corrected chi connectivity index (χ1v) is 9.06. The Kier molecular flexibility index (Phi) is 7.30. The summed E-state index contributed by atoms with van der Waals surface area (Å²) in [5.41, 5.74) is 2.09. The molecule has 0 aromatic heterocycles. The third-order valence-corrected chi connectivity index (χ3v) is 5.17. The maximum atomic E-state index is 12.0. The Balaban J connectivity index is 1.69. The van der Waals surface area contributed by atoms with Gasteiger partial charge < -0.3 is 4.90 Å². The van der Waals surface area contributed by atoms with Crippen LogP contribution < -0.4 is 0 Å². The van der Waals surface area contributed by atoms with Crippen LogP contribution in [0.1, 0.15) is 22.3 Å². The number of carbonyl (C=O) groups is 1. The highest BCUT2D eigenvalue weighted by Crippen LogP contribution is 2.13. The number of carbonyl (C=O) groups excluding carboxylic acids is 1. The zero-order valence-corrected chi connectivity index (χ0v) is 14.9. The van der Waals surface area contributed by atoms with Crippen LogP contribution in [0.4, 0.5) is 0 Å². The number of ketones is 1. The van der Waals surface area contributed by atoms with Crippen LogP contribution in [0, 0.1) is 0 Å². The van der Waals surface area contributed by atoms with Crippen LogP contribution in [0.3, 0.4) is 0 Å². The highest BCUT2D eigenvalue weighted by Gasteiger charge is 2.08. The quantitative estimate of drug-likeness (QED) is 0.546. The van der Waals surface area contributed by atoms with E-state index in [9.17, 15) is 4.79 Å². The van der Waals surface area contributed by atoms with Crippen LogP contribution in [-0.4, -0.2) is 34.3 Å². The topological polar surface area (TPSA) is 20.3 Å². The smallest absolute Gasteiger partial charge is 0.163 e. The standard InChI is InChI=1S/C19H21NOS2/c1-20(14-12-16-8-4-2-5-9-16)19(22)23-15-13-18(21)17-10-6-3-7-11-17/h2-11H,12-15H2,1H3. The molecule has 0 heterocycles. The van der Waals surface area contributed by atoms with Gasteiger partial charge in [-0.2, -0.15) is 0 Å². The Bertz CT molecular complexity index is 628. The van der Waals surface area contributed by atoms with E-state index in [1.54, 1.807) is 11.8 Å². The first kappa shape index (κ1) is 17.7. The third-order valence-electron chi connectivity index (χ3n) is 3.54. The van der Waals surface area contributed by atoms with E-state index in [1.807, 2.05) is 43.4 Å². The van der Waals surface area contributed by atoms with Gasteiger partial charge in [-0.05, 0) is 12.0 Å². The Morgan fingerprint density at radius 2 is 1.65 bits per heavy atom. The molecule has 0 spiro atoms. The molecule has 23 heavy (non-hydrogen) atoms. The predicted molar refractivity (Wildman–Crippen MR) is 103 cm³/mol.